The van der Waals surface area contributed by atoms with E-state index in [-0.39, 0.29) is 24.0 Å². The molecular formula is C26H29Cl2NO4. The van der Waals surface area contributed by atoms with E-state index in [0.717, 1.165) is 41.9 Å². The van der Waals surface area contributed by atoms with E-state index in [1.807, 2.05) is 36.4 Å². The Labute approximate surface area is 204 Å². The second-order valence-corrected chi connectivity index (χ2v) is 11.0. The average Bonchev–Trinajstić information content (AvgIpc) is 3.36. The van der Waals surface area contributed by atoms with Crippen LogP contribution in [-0.4, -0.2) is 30.6 Å². The number of nitrogens with one attached hydrogen (secondary N) is 1. The zero-order chi connectivity index (χ0) is 23.4. The van der Waals surface area contributed by atoms with Gasteiger partial charge in [0.2, 0.25) is 5.91 Å². The molecule has 2 aromatic carbocycles. The van der Waals surface area contributed by atoms with Gasteiger partial charge in [0.05, 0.1) is 25.7 Å². The van der Waals surface area contributed by atoms with Crippen molar-refractivity contribution in [2.45, 2.75) is 61.5 Å². The van der Waals surface area contributed by atoms with Crippen LogP contribution in [0.3, 0.4) is 0 Å². The molecule has 2 fully saturated rings. The summed E-state index contributed by atoms with van der Waals surface area (Å²) in [5, 5.41) is 2.99. The molecular weight excluding hydrogens is 461 g/mol. The largest absolute Gasteiger partial charge is 0.496 e. The maximum absolute atomic E-state index is 12.8. The lowest BCUT2D eigenvalue weighted by Gasteiger charge is -2.42. The number of carbonyl (C=O) groups is 1. The summed E-state index contributed by atoms with van der Waals surface area (Å²) >= 11 is 12.4. The molecule has 2 aromatic rings. The number of anilines is 1. The molecule has 33 heavy (non-hydrogen) atoms. The molecule has 5 nitrogen and oxygen atoms in total. The quantitative estimate of drug-likeness (QED) is 0.495. The van der Waals surface area contributed by atoms with Crippen LogP contribution in [0, 0.1) is 5.41 Å². The lowest BCUT2D eigenvalue weighted by atomic mass is 9.75. The number of carbonyl (C=O) groups excluding carboxylic acids is 1. The first-order chi connectivity index (χ1) is 15.8. The normalized spacial score (nSPS) is 29.4. The lowest BCUT2D eigenvalue weighted by Crippen LogP contribution is -2.34. The van der Waals surface area contributed by atoms with E-state index in [0.29, 0.717) is 12.1 Å². The minimum absolute atomic E-state index is 0.119. The maximum Gasteiger partial charge on any atom is 0.233 e. The number of amides is 1. The molecule has 0 spiro atoms. The van der Waals surface area contributed by atoms with Gasteiger partial charge < -0.3 is 19.5 Å². The van der Waals surface area contributed by atoms with Crippen molar-refractivity contribution in [1.29, 1.82) is 0 Å². The second-order valence-electron chi connectivity index (χ2n) is 9.54. The predicted octanol–water partition coefficient (Wildman–Crippen LogP) is 6.37. The molecule has 1 heterocycles. The first-order valence-corrected chi connectivity index (χ1v) is 12.2. The summed E-state index contributed by atoms with van der Waals surface area (Å²) in [6.07, 6.45) is 4.66. The first kappa shape index (κ1) is 22.8. The topological polar surface area (TPSA) is 56.8 Å². The van der Waals surface area contributed by atoms with Crippen molar-refractivity contribution < 1.29 is 19.0 Å². The van der Waals surface area contributed by atoms with Gasteiger partial charge >= 0.3 is 0 Å². The number of alkyl halides is 2. The summed E-state index contributed by atoms with van der Waals surface area (Å²) in [7, 11) is 3.40. The summed E-state index contributed by atoms with van der Waals surface area (Å²) in [5.41, 5.74) is 3.05. The standard InChI is InChI=1S/C26H29Cl2NO4/c1-25(14-26(25,27)28)24(30)29-16-8-6-7-15(13-16)23-22-20(32-3)12-11-19(31-2)21(22)17-9-4-5-10-18(17)33-23/h6-8,11-13,17-18,23H,4-5,9-10,14H2,1-3H3,(H,29,30)/t17-,18+,23-,25-/m0/s1. The van der Waals surface area contributed by atoms with E-state index in [1.54, 1.807) is 21.1 Å². The fraction of sp³-hybridized carbons (Fsp3) is 0.500. The van der Waals surface area contributed by atoms with Crippen LogP contribution in [-0.2, 0) is 9.53 Å². The Kier molecular flexibility index (Phi) is 5.79. The molecule has 1 aliphatic heterocycles. The third kappa shape index (κ3) is 3.78. The highest BCUT2D eigenvalue weighted by atomic mass is 35.5. The van der Waals surface area contributed by atoms with Crippen LogP contribution >= 0.6 is 23.2 Å². The van der Waals surface area contributed by atoms with Crippen LogP contribution < -0.4 is 14.8 Å². The first-order valence-electron chi connectivity index (χ1n) is 11.5. The highest BCUT2D eigenvalue weighted by Gasteiger charge is 2.67. The van der Waals surface area contributed by atoms with Gasteiger partial charge in [-0.15, -0.1) is 23.2 Å². The molecule has 0 radical (unpaired) electrons. The molecule has 3 aliphatic rings. The number of ether oxygens (including phenoxy) is 3. The molecule has 0 aromatic heterocycles. The van der Waals surface area contributed by atoms with E-state index >= 15 is 0 Å². The van der Waals surface area contributed by atoms with Gasteiger partial charge in [0.15, 0.2) is 0 Å². The van der Waals surface area contributed by atoms with Crippen LogP contribution in [0.15, 0.2) is 36.4 Å². The zero-order valence-electron chi connectivity index (χ0n) is 19.1. The van der Waals surface area contributed by atoms with Gasteiger partial charge in [-0.1, -0.05) is 25.0 Å². The minimum Gasteiger partial charge on any atom is -0.496 e. The van der Waals surface area contributed by atoms with Crippen LogP contribution in [0.2, 0.25) is 0 Å². The third-order valence-electron chi connectivity index (χ3n) is 7.50. The van der Waals surface area contributed by atoms with Gasteiger partial charge in [0.1, 0.15) is 21.9 Å². The molecule has 176 valence electrons. The Hall–Kier alpha value is -1.95. The Bertz CT molecular complexity index is 1090. The van der Waals surface area contributed by atoms with Crippen molar-refractivity contribution in [2.24, 2.45) is 5.41 Å². The monoisotopic (exact) mass is 489 g/mol. The fourth-order valence-corrected chi connectivity index (χ4v) is 6.08. The lowest BCUT2D eigenvalue weighted by molar-refractivity contribution is -0.120. The van der Waals surface area contributed by atoms with E-state index < -0.39 is 9.75 Å². The van der Waals surface area contributed by atoms with Gasteiger partial charge in [-0.25, -0.2) is 0 Å². The molecule has 5 rings (SSSR count). The average molecular weight is 490 g/mol. The van der Waals surface area contributed by atoms with Gasteiger partial charge in [0.25, 0.3) is 0 Å². The van der Waals surface area contributed by atoms with Crippen molar-refractivity contribution in [3.05, 3.63) is 53.1 Å². The van der Waals surface area contributed by atoms with Crippen molar-refractivity contribution in [3.63, 3.8) is 0 Å². The van der Waals surface area contributed by atoms with Crippen LogP contribution in [0.25, 0.3) is 0 Å². The Morgan fingerprint density at radius 1 is 1.06 bits per heavy atom. The van der Waals surface area contributed by atoms with E-state index in [1.165, 1.54) is 12.0 Å². The van der Waals surface area contributed by atoms with Gasteiger partial charge in [-0.3, -0.25) is 4.79 Å². The molecule has 4 atom stereocenters. The number of methoxy groups -OCH3 is 2. The number of hydrogen-bond acceptors (Lipinski definition) is 4. The summed E-state index contributed by atoms with van der Waals surface area (Å²) in [6.45, 7) is 1.78. The van der Waals surface area contributed by atoms with Crippen LogP contribution in [0.5, 0.6) is 11.5 Å². The summed E-state index contributed by atoms with van der Waals surface area (Å²) in [6, 6.07) is 11.7. The molecule has 1 N–H and O–H groups in total. The van der Waals surface area contributed by atoms with Gasteiger partial charge in [-0.05, 0) is 56.0 Å². The maximum atomic E-state index is 12.8. The summed E-state index contributed by atoms with van der Waals surface area (Å²) in [5.74, 6) is 1.77. The van der Waals surface area contributed by atoms with Crippen LogP contribution in [0.4, 0.5) is 5.69 Å². The summed E-state index contributed by atoms with van der Waals surface area (Å²) < 4.78 is 17.3. The van der Waals surface area contributed by atoms with Gasteiger partial charge in [0, 0.05) is 22.7 Å². The van der Waals surface area contributed by atoms with E-state index in [4.69, 9.17) is 37.4 Å². The van der Waals surface area contributed by atoms with Crippen LogP contribution in [0.1, 0.15) is 67.7 Å². The summed E-state index contributed by atoms with van der Waals surface area (Å²) in [4.78, 5) is 12.8. The molecule has 0 bridgehead atoms. The minimum atomic E-state index is -1.01. The number of rotatable bonds is 5. The number of benzene rings is 2. The zero-order valence-corrected chi connectivity index (χ0v) is 20.6. The molecule has 0 saturated heterocycles. The molecule has 2 saturated carbocycles. The Balaban J connectivity index is 1.54. The van der Waals surface area contributed by atoms with Crippen molar-refractivity contribution in [3.8, 4) is 11.5 Å². The SMILES string of the molecule is COc1ccc(OC)c2c1[C@H](c1cccc(NC(=O)[C@]3(C)CC3(Cl)Cl)c1)O[C@@H]1CCCC[C@H]21. The third-order valence-corrected chi connectivity index (χ3v) is 8.60. The predicted molar refractivity (Wildman–Crippen MR) is 130 cm³/mol. The van der Waals surface area contributed by atoms with E-state index in [2.05, 4.69) is 5.32 Å². The van der Waals surface area contributed by atoms with E-state index in [9.17, 15) is 4.79 Å². The molecule has 1 amide bonds. The van der Waals surface area contributed by atoms with Crippen molar-refractivity contribution >= 4 is 34.8 Å². The molecule has 2 aliphatic carbocycles. The number of fused-ring (bicyclic) bond motifs is 3. The Morgan fingerprint density at radius 2 is 1.73 bits per heavy atom. The Morgan fingerprint density at radius 3 is 2.39 bits per heavy atom. The highest BCUT2D eigenvalue weighted by Crippen LogP contribution is 2.64. The number of hydrogen-bond donors (Lipinski definition) is 1. The smallest absolute Gasteiger partial charge is 0.233 e. The van der Waals surface area contributed by atoms with Crippen molar-refractivity contribution in [2.75, 3.05) is 19.5 Å². The fourth-order valence-electron chi connectivity index (χ4n) is 5.38. The molecule has 7 heteroatoms. The second kappa shape index (κ2) is 8.37. The van der Waals surface area contributed by atoms with Crippen molar-refractivity contribution in [1.82, 2.24) is 0 Å². The van der Waals surface area contributed by atoms with Gasteiger partial charge in [-0.2, -0.15) is 0 Å². The number of halogens is 2. The highest BCUT2D eigenvalue weighted by molar-refractivity contribution is 6.53. The molecule has 0 unspecified atom stereocenters.